The zero-order valence-electron chi connectivity index (χ0n) is 20.8. The van der Waals surface area contributed by atoms with Crippen LogP contribution in [0.5, 0.6) is 11.5 Å². The summed E-state index contributed by atoms with van der Waals surface area (Å²) in [5.41, 5.74) is 0.159. The second kappa shape index (κ2) is 11.7. The molecule has 0 aliphatic rings. The molecule has 1 unspecified atom stereocenters. The van der Waals surface area contributed by atoms with E-state index in [0.717, 1.165) is 22.3 Å². The van der Waals surface area contributed by atoms with Crippen LogP contribution < -0.4 is 20.7 Å². The maximum Gasteiger partial charge on any atom is 0.573 e. The monoisotopic (exact) mass is 537 g/mol. The summed E-state index contributed by atoms with van der Waals surface area (Å²) < 4.78 is 50.5. The highest BCUT2D eigenvalue weighted by atomic mass is 35.5. The number of halogens is 4. The van der Waals surface area contributed by atoms with E-state index >= 15 is 0 Å². The summed E-state index contributed by atoms with van der Waals surface area (Å²) in [6.07, 6.45) is -3.83. The molecule has 11 heteroatoms. The van der Waals surface area contributed by atoms with Gasteiger partial charge in [0.05, 0.1) is 5.56 Å². The molecule has 0 spiro atoms. The van der Waals surface area contributed by atoms with E-state index in [4.69, 9.17) is 16.3 Å². The topological polar surface area (TPSA) is 74.8 Å². The molecule has 3 rings (SSSR count). The fourth-order valence-electron chi connectivity index (χ4n) is 3.74. The Hall–Kier alpha value is -3.53. The van der Waals surface area contributed by atoms with Gasteiger partial charge in [0.15, 0.2) is 5.90 Å². The lowest BCUT2D eigenvalue weighted by atomic mass is 10.0. The molecule has 2 aromatic carbocycles. The normalized spacial score (nSPS) is 12.9. The van der Waals surface area contributed by atoms with Crippen molar-refractivity contribution < 1.29 is 22.6 Å². The number of rotatable bonds is 8. The average Bonchev–Trinajstić information content (AvgIpc) is 2.83. The number of benzene rings is 2. The molecule has 0 bridgehead atoms. The molecule has 0 saturated heterocycles. The van der Waals surface area contributed by atoms with Crippen LogP contribution in [0.2, 0.25) is 5.02 Å². The number of hydrogen-bond donors (Lipinski definition) is 0. The third-order valence-electron chi connectivity index (χ3n) is 5.54. The van der Waals surface area contributed by atoms with E-state index in [0.29, 0.717) is 17.9 Å². The van der Waals surface area contributed by atoms with Crippen molar-refractivity contribution in [3.05, 3.63) is 85.5 Å². The van der Waals surface area contributed by atoms with Crippen LogP contribution in [-0.4, -0.2) is 21.4 Å². The Morgan fingerprint density at radius 1 is 1.11 bits per heavy atom. The van der Waals surface area contributed by atoms with Crippen LogP contribution in [0.3, 0.4) is 0 Å². The van der Waals surface area contributed by atoms with Gasteiger partial charge in [-0.15, -0.1) is 13.2 Å². The first kappa shape index (κ1) is 28.0. The van der Waals surface area contributed by atoms with Gasteiger partial charge < -0.3 is 9.47 Å². The van der Waals surface area contributed by atoms with Crippen LogP contribution in [-0.2, 0) is 20.0 Å². The summed E-state index contributed by atoms with van der Waals surface area (Å²) in [7, 11) is 1.50. The molecule has 0 amide bonds. The molecule has 0 fully saturated rings. The highest BCUT2D eigenvalue weighted by molar-refractivity contribution is 6.30. The summed E-state index contributed by atoms with van der Waals surface area (Å²) in [5, 5.41) is 0.571. The lowest BCUT2D eigenvalue weighted by Gasteiger charge is -2.18. The Labute approximate surface area is 216 Å². The van der Waals surface area contributed by atoms with Crippen molar-refractivity contribution in [1.29, 1.82) is 0 Å². The summed E-state index contributed by atoms with van der Waals surface area (Å²) in [5.74, 6) is -0.611. The van der Waals surface area contributed by atoms with Crippen LogP contribution in [0.4, 0.5) is 19.0 Å². The van der Waals surface area contributed by atoms with Gasteiger partial charge in [0.25, 0.3) is 5.56 Å². The molecule has 0 aliphatic heterocycles. The lowest BCUT2D eigenvalue weighted by Crippen LogP contribution is -2.40. The quantitative estimate of drug-likeness (QED) is 0.269. The molecule has 0 radical (unpaired) electrons. The Bertz CT molecular complexity index is 1360. The molecule has 37 heavy (non-hydrogen) atoms. The van der Waals surface area contributed by atoms with Crippen molar-refractivity contribution >= 4 is 23.3 Å². The first-order valence-corrected chi connectivity index (χ1v) is 11.9. The summed E-state index contributed by atoms with van der Waals surface area (Å²) in [6.45, 7) is 5.49. The summed E-state index contributed by atoms with van der Waals surface area (Å²) in [6, 6.07) is 12.2. The van der Waals surface area contributed by atoms with E-state index in [2.05, 4.69) is 9.73 Å². The molecular weight excluding hydrogens is 511 g/mol. The van der Waals surface area contributed by atoms with Gasteiger partial charge in [0, 0.05) is 30.6 Å². The van der Waals surface area contributed by atoms with E-state index in [1.54, 1.807) is 19.1 Å². The Morgan fingerprint density at radius 3 is 2.38 bits per heavy atom. The smallest absolute Gasteiger partial charge is 0.442 e. The van der Waals surface area contributed by atoms with E-state index in [-0.39, 0.29) is 29.6 Å². The van der Waals surface area contributed by atoms with Crippen LogP contribution >= 0.6 is 11.6 Å². The van der Waals surface area contributed by atoms with Crippen LogP contribution in [0.1, 0.15) is 31.4 Å². The Balaban J connectivity index is 2.08. The highest BCUT2D eigenvalue weighted by Crippen LogP contribution is 2.28. The van der Waals surface area contributed by atoms with Gasteiger partial charge in [-0.3, -0.25) is 13.9 Å². The molecule has 1 aromatic heterocycles. The molecule has 198 valence electrons. The van der Waals surface area contributed by atoms with Crippen LogP contribution in [0, 0.1) is 12.8 Å². The Morgan fingerprint density at radius 2 is 1.76 bits per heavy atom. The number of aliphatic imine (C=N–C) groups is 1. The molecule has 0 saturated carbocycles. The summed E-state index contributed by atoms with van der Waals surface area (Å²) in [4.78, 5) is 30.3. The van der Waals surface area contributed by atoms with Crippen molar-refractivity contribution in [2.24, 2.45) is 18.0 Å². The molecular formula is C26H27ClF3N3O4. The summed E-state index contributed by atoms with van der Waals surface area (Å²) >= 11 is 5.98. The van der Waals surface area contributed by atoms with Crippen molar-refractivity contribution in [3.8, 4) is 11.5 Å². The minimum atomic E-state index is -4.87. The van der Waals surface area contributed by atoms with E-state index in [9.17, 15) is 22.8 Å². The lowest BCUT2D eigenvalue weighted by molar-refractivity contribution is -0.274. The maximum atomic E-state index is 12.9. The fraction of sp³-hybridized carbons (Fsp3) is 0.346. The first-order valence-electron chi connectivity index (χ1n) is 11.6. The van der Waals surface area contributed by atoms with Crippen molar-refractivity contribution in [2.75, 3.05) is 0 Å². The van der Waals surface area contributed by atoms with Gasteiger partial charge in [-0.05, 0) is 49.6 Å². The van der Waals surface area contributed by atoms with Crippen molar-refractivity contribution in [3.63, 3.8) is 0 Å². The van der Waals surface area contributed by atoms with Gasteiger partial charge in [0.2, 0.25) is 0 Å². The molecule has 0 aliphatic carbocycles. The molecule has 7 nitrogen and oxygen atoms in total. The maximum absolute atomic E-state index is 12.9. The van der Waals surface area contributed by atoms with E-state index in [1.807, 2.05) is 26.0 Å². The second-order valence-corrected chi connectivity index (χ2v) is 8.99. The predicted molar refractivity (Wildman–Crippen MR) is 136 cm³/mol. The highest BCUT2D eigenvalue weighted by Gasteiger charge is 2.31. The molecule has 1 heterocycles. The number of nitrogens with zero attached hydrogens (tertiary/aromatic N) is 3. The average molecular weight is 538 g/mol. The molecule has 3 aromatic rings. The van der Waals surface area contributed by atoms with E-state index < -0.39 is 29.3 Å². The van der Waals surface area contributed by atoms with Crippen molar-refractivity contribution in [1.82, 2.24) is 9.13 Å². The number of alkyl halides is 3. The standard InChI is InChI=1S/C26H27ClF3N3O4/c1-5-13-33-24(34)17(3)22(32(4)25(33)35)31-23(16(2)14-18-9-11-19(27)12-10-18)36-20-7-6-8-21(15-20)37-26(28,29)30/h6-12,15-16H,5,13-14H2,1-4H3. The fourth-order valence-corrected chi connectivity index (χ4v) is 3.87. The van der Waals surface area contributed by atoms with Crippen molar-refractivity contribution in [2.45, 2.75) is 46.5 Å². The number of ether oxygens (including phenoxy) is 2. The van der Waals surface area contributed by atoms with Gasteiger partial charge >= 0.3 is 12.1 Å². The predicted octanol–water partition coefficient (Wildman–Crippen LogP) is 5.81. The van der Waals surface area contributed by atoms with Gasteiger partial charge in [0.1, 0.15) is 17.3 Å². The zero-order chi connectivity index (χ0) is 27.3. The first-order chi connectivity index (χ1) is 17.4. The van der Waals surface area contributed by atoms with Crippen LogP contribution in [0.25, 0.3) is 0 Å². The van der Waals surface area contributed by atoms with Crippen LogP contribution in [0.15, 0.2) is 63.1 Å². The van der Waals surface area contributed by atoms with Gasteiger partial charge in [-0.25, -0.2) is 4.79 Å². The number of aromatic nitrogens is 2. The zero-order valence-corrected chi connectivity index (χ0v) is 21.6. The number of hydrogen-bond acceptors (Lipinski definition) is 5. The second-order valence-electron chi connectivity index (χ2n) is 8.55. The van der Waals surface area contributed by atoms with Gasteiger partial charge in [-0.2, -0.15) is 4.99 Å². The van der Waals surface area contributed by atoms with E-state index in [1.165, 1.54) is 23.7 Å². The minimum absolute atomic E-state index is 0.0467. The minimum Gasteiger partial charge on any atom is -0.442 e. The molecule has 0 N–H and O–H groups in total. The SMILES string of the molecule is CCCn1c(=O)c(C)c(N=C(Oc2cccc(OC(F)(F)F)c2)C(C)Cc2ccc(Cl)cc2)n(C)c1=O. The third-order valence-corrected chi connectivity index (χ3v) is 5.79. The Kier molecular flexibility index (Phi) is 8.85. The molecule has 1 atom stereocenters. The van der Waals surface area contributed by atoms with Gasteiger partial charge in [-0.1, -0.05) is 43.6 Å². The third kappa shape index (κ3) is 7.25. The largest absolute Gasteiger partial charge is 0.573 e.